The van der Waals surface area contributed by atoms with Gasteiger partial charge in [0.05, 0.1) is 19.3 Å². The molecule has 1 heterocycles. The number of rotatable bonds is 5. The predicted molar refractivity (Wildman–Crippen MR) is 88.0 cm³/mol. The number of aryl methyl sites for hydroxylation is 1. The van der Waals surface area contributed by atoms with Gasteiger partial charge < -0.3 is 14.6 Å². The summed E-state index contributed by atoms with van der Waals surface area (Å²) in [5.41, 5.74) is 2.99. The lowest BCUT2D eigenvalue weighted by Crippen LogP contribution is -2.20. The normalized spacial score (nSPS) is 20.3. The number of benzene rings is 1. The van der Waals surface area contributed by atoms with Crippen LogP contribution in [0.4, 0.5) is 0 Å². The van der Waals surface area contributed by atoms with Gasteiger partial charge in [-0.05, 0) is 63.1 Å². The summed E-state index contributed by atoms with van der Waals surface area (Å²) in [4.78, 5) is 0. The molecule has 0 bridgehead atoms. The topological polar surface area (TPSA) is 38.7 Å². The Morgan fingerprint density at radius 3 is 2.81 bits per heavy atom. The third-order valence-electron chi connectivity index (χ3n) is 4.28. The first-order valence-electron chi connectivity index (χ1n) is 7.67. The molecule has 0 aromatic heterocycles. The van der Waals surface area contributed by atoms with Crippen LogP contribution in [0.3, 0.4) is 0 Å². The molecule has 1 saturated heterocycles. The number of aliphatic hydroxyl groups excluding tert-OH is 1. The molecule has 1 N–H and O–H groups in total. The van der Waals surface area contributed by atoms with Crippen LogP contribution in [0.15, 0.2) is 10.5 Å². The first kappa shape index (κ1) is 16.8. The molecule has 4 heteroatoms. The number of hydrogen-bond acceptors (Lipinski definition) is 3. The van der Waals surface area contributed by atoms with E-state index >= 15 is 0 Å². The largest absolute Gasteiger partial charge is 0.496 e. The summed E-state index contributed by atoms with van der Waals surface area (Å²) in [6, 6.07) is 2.04. The van der Waals surface area contributed by atoms with E-state index in [0.717, 1.165) is 52.8 Å². The SMILES string of the molecule is COc1c(C)cc(Br)c(C)c1C(O)CCC1CCCCO1. The molecule has 0 saturated carbocycles. The van der Waals surface area contributed by atoms with Gasteiger partial charge in [0.25, 0.3) is 0 Å². The van der Waals surface area contributed by atoms with Crippen molar-refractivity contribution in [1.82, 2.24) is 0 Å². The van der Waals surface area contributed by atoms with E-state index in [4.69, 9.17) is 9.47 Å². The second-order valence-corrected chi connectivity index (χ2v) is 6.68. The molecule has 1 aromatic rings. The Morgan fingerprint density at radius 2 is 2.19 bits per heavy atom. The summed E-state index contributed by atoms with van der Waals surface area (Å²) in [6.07, 6.45) is 4.90. The monoisotopic (exact) mass is 356 g/mol. The lowest BCUT2D eigenvalue weighted by atomic mass is 9.94. The summed E-state index contributed by atoms with van der Waals surface area (Å²) >= 11 is 3.56. The van der Waals surface area contributed by atoms with Crippen LogP contribution in [0, 0.1) is 13.8 Å². The van der Waals surface area contributed by atoms with Gasteiger partial charge in [0, 0.05) is 16.6 Å². The second kappa shape index (κ2) is 7.61. The summed E-state index contributed by atoms with van der Waals surface area (Å²) < 4.78 is 12.3. The standard InChI is InChI=1S/C17H25BrO3/c1-11-10-14(18)12(2)16(17(11)20-3)15(19)8-7-13-6-4-5-9-21-13/h10,13,15,19H,4-9H2,1-3H3. The fraction of sp³-hybridized carbons (Fsp3) is 0.647. The maximum atomic E-state index is 10.6. The third kappa shape index (κ3) is 3.99. The highest BCUT2D eigenvalue weighted by Gasteiger charge is 2.22. The Hall–Kier alpha value is -0.580. The highest BCUT2D eigenvalue weighted by molar-refractivity contribution is 9.10. The quantitative estimate of drug-likeness (QED) is 0.846. The molecule has 2 atom stereocenters. The minimum Gasteiger partial charge on any atom is -0.496 e. The average Bonchev–Trinajstić information content (AvgIpc) is 2.49. The molecule has 1 aliphatic rings. The van der Waals surface area contributed by atoms with Gasteiger partial charge in [-0.15, -0.1) is 0 Å². The van der Waals surface area contributed by atoms with Crippen LogP contribution in [-0.4, -0.2) is 24.9 Å². The van der Waals surface area contributed by atoms with Crippen molar-refractivity contribution in [3.8, 4) is 5.75 Å². The van der Waals surface area contributed by atoms with Gasteiger partial charge in [-0.2, -0.15) is 0 Å². The molecule has 1 aliphatic heterocycles. The second-order valence-electron chi connectivity index (χ2n) is 5.83. The van der Waals surface area contributed by atoms with E-state index in [1.165, 1.54) is 6.42 Å². The van der Waals surface area contributed by atoms with E-state index in [1.54, 1.807) is 7.11 Å². The Bertz CT molecular complexity index is 481. The first-order valence-corrected chi connectivity index (χ1v) is 8.47. The van der Waals surface area contributed by atoms with E-state index in [-0.39, 0.29) is 0 Å². The van der Waals surface area contributed by atoms with Gasteiger partial charge in [0.2, 0.25) is 0 Å². The number of halogens is 1. The van der Waals surface area contributed by atoms with E-state index in [0.29, 0.717) is 12.5 Å². The van der Waals surface area contributed by atoms with Crippen molar-refractivity contribution in [2.45, 2.75) is 58.2 Å². The summed E-state index contributed by atoms with van der Waals surface area (Å²) in [5, 5.41) is 10.6. The molecule has 0 amide bonds. The van der Waals surface area contributed by atoms with Gasteiger partial charge >= 0.3 is 0 Å². The summed E-state index contributed by atoms with van der Waals surface area (Å²) in [5.74, 6) is 0.799. The molecule has 0 aliphatic carbocycles. The maximum absolute atomic E-state index is 10.6. The molecule has 2 unspecified atom stereocenters. The van der Waals surface area contributed by atoms with Gasteiger partial charge in [-0.25, -0.2) is 0 Å². The lowest BCUT2D eigenvalue weighted by Gasteiger charge is -2.25. The first-order chi connectivity index (χ1) is 10.0. The van der Waals surface area contributed by atoms with E-state index < -0.39 is 6.10 Å². The van der Waals surface area contributed by atoms with Crippen LogP contribution in [0.5, 0.6) is 5.75 Å². The number of methoxy groups -OCH3 is 1. The molecule has 21 heavy (non-hydrogen) atoms. The van der Waals surface area contributed by atoms with Crippen LogP contribution in [-0.2, 0) is 4.74 Å². The predicted octanol–water partition coefficient (Wildman–Crippen LogP) is 4.46. The zero-order valence-corrected chi connectivity index (χ0v) is 14.7. The Labute approximate surface area is 135 Å². The Kier molecular flexibility index (Phi) is 6.08. The van der Waals surface area contributed by atoms with Crippen LogP contribution in [0.25, 0.3) is 0 Å². The number of ether oxygens (including phenoxy) is 2. The van der Waals surface area contributed by atoms with Crippen molar-refractivity contribution < 1.29 is 14.6 Å². The summed E-state index contributed by atoms with van der Waals surface area (Å²) in [7, 11) is 1.66. The van der Waals surface area contributed by atoms with Crippen molar-refractivity contribution in [2.24, 2.45) is 0 Å². The average molecular weight is 357 g/mol. The zero-order chi connectivity index (χ0) is 15.4. The van der Waals surface area contributed by atoms with Crippen molar-refractivity contribution in [3.05, 3.63) is 27.2 Å². The van der Waals surface area contributed by atoms with Crippen molar-refractivity contribution in [2.75, 3.05) is 13.7 Å². The minimum atomic E-state index is -0.512. The maximum Gasteiger partial charge on any atom is 0.127 e. The van der Waals surface area contributed by atoms with Crippen LogP contribution in [0.1, 0.15) is 54.9 Å². The van der Waals surface area contributed by atoms with E-state index in [9.17, 15) is 5.11 Å². The Morgan fingerprint density at radius 1 is 1.43 bits per heavy atom. The molecule has 1 fully saturated rings. The molecule has 118 valence electrons. The molecule has 0 spiro atoms. The van der Waals surface area contributed by atoms with Crippen molar-refractivity contribution >= 4 is 15.9 Å². The summed E-state index contributed by atoms with van der Waals surface area (Å²) in [6.45, 7) is 4.88. The zero-order valence-electron chi connectivity index (χ0n) is 13.1. The smallest absolute Gasteiger partial charge is 0.127 e. The van der Waals surface area contributed by atoms with Crippen LogP contribution >= 0.6 is 15.9 Å². The number of aliphatic hydroxyl groups is 1. The molecule has 2 rings (SSSR count). The minimum absolute atomic E-state index is 0.299. The van der Waals surface area contributed by atoms with Crippen LogP contribution < -0.4 is 4.74 Å². The third-order valence-corrected chi connectivity index (χ3v) is 5.11. The molecular weight excluding hydrogens is 332 g/mol. The van der Waals surface area contributed by atoms with E-state index in [1.807, 2.05) is 19.9 Å². The van der Waals surface area contributed by atoms with Gasteiger partial charge in [0.15, 0.2) is 0 Å². The molecular formula is C17H25BrO3. The highest BCUT2D eigenvalue weighted by atomic mass is 79.9. The van der Waals surface area contributed by atoms with Crippen molar-refractivity contribution in [3.63, 3.8) is 0 Å². The van der Waals surface area contributed by atoms with Gasteiger partial charge in [0.1, 0.15) is 5.75 Å². The van der Waals surface area contributed by atoms with Crippen LogP contribution in [0.2, 0.25) is 0 Å². The van der Waals surface area contributed by atoms with Gasteiger partial charge in [-0.3, -0.25) is 0 Å². The van der Waals surface area contributed by atoms with Crippen molar-refractivity contribution in [1.29, 1.82) is 0 Å². The lowest BCUT2D eigenvalue weighted by molar-refractivity contribution is 0.00193. The van der Waals surface area contributed by atoms with E-state index in [2.05, 4.69) is 15.9 Å². The number of hydrogen-bond donors (Lipinski definition) is 1. The fourth-order valence-electron chi connectivity index (χ4n) is 3.07. The molecule has 0 radical (unpaired) electrons. The fourth-order valence-corrected chi connectivity index (χ4v) is 3.63. The Balaban J connectivity index is 2.12. The molecule has 3 nitrogen and oxygen atoms in total. The van der Waals surface area contributed by atoms with Gasteiger partial charge in [-0.1, -0.05) is 15.9 Å². The highest BCUT2D eigenvalue weighted by Crippen LogP contribution is 2.38. The molecule has 1 aromatic carbocycles.